The van der Waals surface area contributed by atoms with E-state index in [1.54, 1.807) is 13.8 Å². The van der Waals surface area contributed by atoms with E-state index in [1.165, 1.54) is 11.8 Å². The first-order valence-electron chi connectivity index (χ1n) is 6.00. The van der Waals surface area contributed by atoms with Gasteiger partial charge in [-0.2, -0.15) is 0 Å². The molecule has 1 rings (SSSR count). The summed E-state index contributed by atoms with van der Waals surface area (Å²) in [6.07, 6.45) is 0. The van der Waals surface area contributed by atoms with Crippen molar-refractivity contribution in [3.05, 3.63) is 29.3 Å². The van der Waals surface area contributed by atoms with E-state index in [2.05, 4.69) is 4.99 Å². The molecule has 0 amide bonds. The van der Waals surface area contributed by atoms with Crippen molar-refractivity contribution in [3.8, 4) is 0 Å². The molecule has 0 aliphatic rings. The van der Waals surface area contributed by atoms with Gasteiger partial charge in [0.25, 0.3) is 0 Å². The van der Waals surface area contributed by atoms with Gasteiger partial charge in [-0.25, -0.2) is 4.99 Å². The highest BCUT2D eigenvalue weighted by Gasteiger charge is 2.27. The second-order valence-electron chi connectivity index (χ2n) is 5.17. The molecular formula is C14H20N2O2S. The number of thioether (sulfide) groups is 1. The number of aryl methyl sites for hydroxylation is 2. The second kappa shape index (κ2) is 6.10. The van der Waals surface area contributed by atoms with Gasteiger partial charge in [0, 0.05) is 5.75 Å². The molecule has 1 aromatic rings. The molecule has 0 spiro atoms. The molecule has 104 valence electrons. The number of carboxylic acid groups (broad SMARTS) is 1. The number of hydrogen-bond donors (Lipinski definition) is 2. The van der Waals surface area contributed by atoms with Gasteiger partial charge in [0.05, 0.1) is 11.1 Å². The molecule has 5 heteroatoms. The Bertz CT molecular complexity index is 490. The maximum Gasteiger partial charge on any atom is 0.309 e. The van der Waals surface area contributed by atoms with Crippen molar-refractivity contribution in [3.63, 3.8) is 0 Å². The highest BCUT2D eigenvalue weighted by atomic mass is 32.2. The minimum Gasteiger partial charge on any atom is -0.481 e. The zero-order chi connectivity index (χ0) is 14.6. The lowest BCUT2D eigenvalue weighted by molar-refractivity contribution is -0.145. The van der Waals surface area contributed by atoms with Gasteiger partial charge in [-0.3, -0.25) is 4.79 Å². The number of hydrogen-bond acceptors (Lipinski definition) is 3. The molecule has 0 aromatic heterocycles. The van der Waals surface area contributed by atoms with Gasteiger partial charge >= 0.3 is 5.97 Å². The summed E-state index contributed by atoms with van der Waals surface area (Å²) in [6.45, 7) is 7.30. The fraction of sp³-hybridized carbons (Fsp3) is 0.429. The van der Waals surface area contributed by atoms with Crippen LogP contribution in [0.25, 0.3) is 0 Å². The van der Waals surface area contributed by atoms with Crippen LogP contribution in [-0.2, 0) is 4.79 Å². The summed E-state index contributed by atoms with van der Waals surface area (Å²) >= 11 is 1.27. The first kappa shape index (κ1) is 15.6. The normalized spacial score (nSPS) is 12.5. The van der Waals surface area contributed by atoms with Crippen molar-refractivity contribution in [2.75, 3.05) is 5.75 Å². The Balaban J connectivity index is 2.81. The predicted octanol–water partition coefficient (Wildman–Crippen LogP) is 3.09. The summed E-state index contributed by atoms with van der Waals surface area (Å²) in [5.41, 5.74) is 8.03. The number of nitrogens with zero attached hydrogens (tertiary/aromatic N) is 1. The van der Waals surface area contributed by atoms with Crippen LogP contribution in [0.5, 0.6) is 0 Å². The Morgan fingerprint density at radius 3 is 2.37 bits per heavy atom. The number of aliphatic carboxylic acids is 1. The highest BCUT2D eigenvalue weighted by molar-refractivity contribution is 8.13. The molecule has 0 fully saturated rings. The van der Waals surface area contributed by atoms with Crippen LogP contribution in [0, 0.1) is 19.3 Å². The Hall–Kier alpha value is -1.49. The van der Waals surface area contributed by atoms with Crippen LogP contribution in [0.4, 0.5) is 5.69 Å². The monoisotopic (exact) mass is 280 g/mol. The molecule has 1 aromatic carbocycles. The predicted molar refractivity (Wildman–Crippen MR) is 81.1 cm³/mol. The third kappa shape index (κ3) is 4.28. The zero-order valence-corrected chi connectivity index (χ0v) is 12.5. The average molecular weight is 280 g/mol. The number of para-hydroxylation sites is 1. The van der Waals surface area contributed by atoms with E-state index in [9.17, 15) is 4.79 Å². The van der Waals surface area contributed by atoms with Gasteiger partial charge < -0.3 is 10.8 Å². The molecule has 19 heavy (non-hydrogen) atoms. The third-order valence-electron chi connectivity index (χ3n) is 2.82. The average Bonchev–Trinajstić information content (AvgIpc) is 2.31. The molecular weight excluding hydrogens is 260 g/mol. The number of carboxylic acids is 1. The van der Waals surface area contributed by atoms with Gasteiger partial charge in [0.1, 0.15) is 0 Å². The lowest BCUT2D eigenvalue weighted by Gasteiger charge is -2.17. The van der Waals surface area contributed by atoms with E-state index in [4.69, 9.17) is 10.8 Å². The summed E-state index contributed by atoms with van der Waals surface area (Å²) in [5, 5.41) is 9.43. The van der Waals surface area contributed by atoms with Crippen molar-refractivity contribution < 1.29 is 9.90 Å². The van der Waals surface area contributed by atoms with Crippen LogP contribution in [0.2, 0.25) is 0 Å². The smallest absolute Gasteiger partial charge is 0.309 e. The molecule has 0 aliphatic heterocycles. The molecule has 0 saturated carbocycles. The fourth-order valence-electron chi connectivity index (χ4n) is 1.44. The Morgan fingerprint density at radius 1 is 1.37 bits per heavy atom. The Morgan fingerprint density at radius 2 is 1.89 bits per heavy atom. The van der Waals surface area contributed by atoms with Crippen LogP contribution in [-0.4, -0.2) is 22.0 Å². The number of benzene rings is 1. The Labute approximate surface area is 118 Å². The van der Waals surface area contributed by atoms with E-state index in [0.717, 1.165) is 16.8 Å². The van der Waals surface area contributed by atoms with Crippen molar-refractivity contribution in [2.24, 2.45) is 16.1 Å². The molecule has 0 atom stereocenters. The fourth-order valence-corrected chi connectivity index (χ4v) is 2.23. The van der Waals surface area contributed by atoms with E-state index in [1.807, 2.05) is 32.0 Å². The van der Waals surface area contributed by atoms with E-state index in [-0.39, 0.29) is 0 Å². The minimum absolute atomic E-state index is 0.391. The topological polar surface area (TPSA) is 75.7 Å². The summed E-state index contributed by atoms with van der Waals surface area (Å²) in [7, 11) is 0. The quantitative estimate of drug-likeness (QED) is 0.656. The number of carbonyl (C=O) groups is 1. The number of aliphatic imine (C=N–C) groups is 1. The van der Waals surface area contributed by atoms with Gasteiger partial charge in [-0.1, -0.05) is 30.0 Å². The van der Waals surface area contributed by atoms with Crippen molar-refractivity contribution in [1.82, 2.24) is 0 Å². The lowest BCUT2D eigenvalue weighted by atomic mass is 9.97. The van der Waals surface area contributed by atoms with Crippen LogP contribution >= 0.6 is 11.8 Å². The molecule has 0 heterocycles. The van der Waals surface area contributed by atoms with E-state index >= 15 is 0 Å². The summed E-state index contributed by atoms with van der Waals surface area (Å²) in [6, 6.07) is 5.93. The molecule has 0 unspecified atom stereocenters. The van der Waals surface area contributed by atoms with Crippen LogP contribution in [0.15, 0.2) is 23.2 Å². The maximum absolute atomic E-state index is 11.0. The van der Waals surface area contributed by atoms with Gasteiger partial charge in [0.2, 0.25) is 0 Å². The van der Waals surface area contributed by atoms with Crippen LogP contribution < -0.4 is 5.73 Å². The SMILES string of the molecule is Cc1cccc(C)c1/N=C(\N)SCC(C)(C)C(=O)O. The number of rotatable bonds is 4. The van der Waals surface area contributed by atoms with Gasteiger partial charge in [0.15, 0.2) is 5.17 Å². The van der Waals surface area contributed by atoms with E-state index in [0.29, 0.717) is 10.9 Å². The van der Waals surface area contributed by atoms with Crippen LogP contribution in [0.1, 0.15) is 25.0 Å². The van der Waals surface area contributed by atoms with Crippen molar-refractivity contribution in [2.45, 2.75) is 27.7 Å². The molecule has 0 radical (unpaired) electrons. The molecule has 3 N–H and O–H groups in total. The van der Waals surface area contributed by atoms with Crippen molar-refractivity contribution in [1.29, 1.82) is 0 Å². The molecule has 0 aliphatic carbocycles. The zero-order valence-electron chi connectivity index (χ0n) is 11.7. The van der Waals surface area contributed by atoms with Crippen LogP contribution in [0.3, 0.4) is 0 Å². The summed E-state index contributed by atoms with van der Waals surface area (Å²) in [5.74, 6) is -0.442. The van der Waals surface area contributed by atoms with Gasteiger partial charge in [-0.05, 0) is 38.8 Å². The largest absolute Gasteiger partial charge is 0.481 e. The lowest BCUT2D eigenvalue weighted by Crippen LogP contribution is -2.27. The Kier molecular flexibility index (Phi) is 5.00. The first-order valence-corrected chi connectivity index (χ1v) is 6.99. The van der Waals surface area contributed by atoms with E-state index < -0.39 is 11.4 Å². The number of nitrogens with two attached hydrogens (primary N) is 1. The summed E-state index contributed by atoms with van der Waals surface area (Å²) in [4.78, 5) is 15.4. The summed E-state index contributed by atoms with van der Waals surface area (Å²) < 4.78 is 0. The minimum atomic E-state index is -0.833. The van der Waals surface area contributed by atoms with Gasteiger partial charge in [-0.15, -0.1) is 0 Å². The molecule has 4 nitrogen and oxygen atoms in total. The maximum atomic E-state index is 11.0. The third-order valence-corrected chi connectivity index (χ3v) is 4.07. The van der Waals surface area contributed by atoms with Crippen molar-refractivity contribution >= 4 is 28.6 Å². The molecule has 0 bridgehead atoms. The highest BCUT2D eigenvalue weighted by Crippen LogP contribution is 2.26. The standard InChI is InChI=1S/C14H20N2O2S/c1-9-6-5-7-10(2)11(9)16-13(15)19-8-14(3,4)12(17)18/h5-7H,8H2,1-4H3,(H2,15,16)(H,17,18). The first-order chi connectivity index (χ1) is 8.74. The second-order valence-corrected chi connectivity index (χ2v) is 6.16. The number of amidine groups is 1. The molecule has 0 saturated heterocycles.